The molecule has 0 saturated carbocycles. The molecule has 0 aliphatic heterocycles. The van der Waals surface area contributed by atoms with Crippen molar-refractivity contribution in [1.29, 1.82) is 0 Å². The number of methoxy groups -OCH3 is 1. The summed E-state index contributed by atoms with van der Waals surface area (Å²) < 4.78 is 33.5. The standard InChI is InChI=1S/C18H22N2O4S2/c1-12(15-7-5-6-8-17(15)24-3)20-26(22,23)14-9-10-18(25-4)16(11-14)19-13(2)21/h5-12,20H,1-4H3,(H,19,21). The number of thioether (sulfide) groups is 1. The van der Waals surface area contributed by atoms with E-state index in [1.807, 2.05) is 24.5 Å². The second-order valence-corrected chi connectivity index (χ2v) is 8.19. The van der Waals surface area contributed by atoms with Gasteiger partial charge < -0.3 is 10.1 Å². The normalized spacial score (nSPS) is 12.5. The van der Waals surface area contributed by atoms with Crippen LogP contribution in [0.25, 0.3) is 0 Å². The van der Waals surface area contributed by atoms with Crippen molar-refractivity contribution >= 4 is 33.4 Å². The highest BCUT2D eigenvalue weighted by Gasteiger charge is 2.21. The summed E-state index contributed by atoms with van der Waals surface area (Å²) in [5.41, 5.74) is 1.21. The van der Waals surface area contributed by atoms with Crippen molar-refractivity contribution in [1.82, 2.24) is 4.72 Å². The van der Waals surface area contributed by atoms with E-state index in [1.54, 1.807) is 26.2 Å². The van der Waals surface area contributed by atoms with Crippen LogP contribution < -0.4 is 14.8 Å². The Hall–Kier alpha value is -2.03. The number of para-hydroxylation sites is 1. The van der Waals surface area contributed by atoms with Gasteiger partial charge in [0.15, 0.2) is 0 Å². The molecule has 2 aromatic rings. The van der Waals surface area contributed by atoms with Gasteiger partial charge in [0.05, 0.1) is 17.7 Å². The molecule has 0 radical (unpaired) electrons. The lowest BCUT2D eigenvalue weighted by molar-refractivity contribution is -0.114. The number of carbonyl (C=O) groups is 1. The second kappa shape index (κ2) is 8.57. The van der Waals surface area contributed by atoms with Gasteiger partial charge in [0.2, 0.25) is 15.9 Å². The van der Waals surface area contributed by atoms with Gasteiger partial charge in [-0.15, -0.1) is 11.8 Å². The van der Waals surface area contributed by atoms with E-state index in [0.29, 0.717) is 11.4 Å². The van der Waals surface area contributed by atoms with Gasteiger partial charge in [-0.25, -0.2) is 13.1 Å². The van der Waals surface area contributed by atoms with Gasteiger partial charge >= 0.3 is 0 Å². The Kier molecular flexibility index (Phi) is 6.69. The number of ether oxygens (including phenoxy) is 1. The first-order valence-corrected chi connectivity index (χ1v) is 10.6. The average molecular weight is 395 g/mol. The molecule has 0 saturated heterocycles. The fourth-order valence-electron chi connectivity index (χ4n) is 2.53. The first-order chi connectivity index (χ1) is 12.3. The Balaban J connectivity index is 2.33. The van der Waals surface area contributed by atoms with Gasteiger partial charge in [-0.2, -0.15) is 0 Å². The van der Waals surface area contributed by atoms with Crippen LogP contribution in [-0.4, -0.2) is 27.7 Å². The molecule has 2 rings (SSSR count). The SMILES string of the molecule is COc1ccccc1C(C)NS(=O)(=O)c1ccc(SC)c(NC(C)=O)c1. The van der Waals surface area contributed by atoms with E-state index in [2.05, 4.69) is 10.0 Å². The number of sulfonamides is 1. The Labute approximate surface area is 158 Å². The fraction of sp³-hybridized carbons (Fsp3) is 0.278. The summed E-state index contributed by atoms with van der Waals surface area (Å²) in [4.78, 5) is 12.2. The Bertz CT molecular complexity index is 898. The maximum absolute atomic E-state index is 12.8. The molecule has 1 atom stereocenters. The van der Waals surface area contributed by atoms with Gasteiger partial charge in [0, 0.05) is 23.4 Å². The Morgan fingerprint density at radius 3 is 2.50 bits per heavy atom. The quantitative estimate of drug-likeness (QED) is 0.703. The maximum atomic E-state index is 12.8. The third kappa shape index (κ3) is 4.78. The van der Waals surface area contributed by atoms with Crippen molar-refractivity contribution in [2.75, 3.05) is 18.7 Å². The number of carbonyl (C=O) groups excluding carboxylic acids is 1. The molecule has 0 spiro atoms. The average Bonchev–Trinajstić information content (AvgIpc) is 2.60. The van der Waals surface area contributed by atoms with E-state index < -0.39 is 16.1 Å². The summed E-state index contributed by atoms with van der Waals surface area (Å²) >= 11 is 1.43. The second-order valence-electron chi connectivity index (χ2n) is 5.63. The van der Waals surface area contributed by atoms with Crippen LogP contribution in [0.1, 0.15) is 25.5 Å². The van der Waals surface area contributed by atoms with Crippen LogP contribution in [0.3, 0.4) is 0 Å². The van der Waals surface area contributed by atoms with Crippen LogP contribution in [0.15, 0.2) is 52.3 Å². The van der Waals surface area contributed by atoms with E-state index >= 15 is 0 Å². The highest BCUT2D eigenvalue weighted by atomic mass is 32.2. The molecule has 0 aliphatic rings. The van der Waals surface area contributed by atoms with Crippen LogP contribution in [0.4, 0.5) is 5.69 Å². The number of anilines is 1. The summed E-state index contributed by atoms with van der Waals surface area (Å²) in [5.74, 6) is 0.351. The predicted octanol–water partition coefficient (Wildman–Crippen LogP) is 3.42. The summed E-state index contributed by atoms with van der Waals surface area (Å²) in [6, 6.07) is 11.4. The minimum absolute atomic E-state index is 0.0841. The van der Waals surface area contributed by atoms with E-state index in [0.717, 1.165) is 10.5 Å². The zero-order valence-corrected chi connectivity index (χ0v) is 16.7. The molecule has 8 heteroatoms. The number of amides is 1. The Morgan fingerprint density at radius 1 is 1.19 bits per heavy atom. The van der Waals surface area contributed by atoms with Gasteiger partial charge in [-0.3, -0.25) is 4.79 Å². The van der Waals surface area contributed by atoms with Gasteiger partial charge in [-0.05, 0) is 37.4 Å². The van der Waals surface area contributed by atoms with Crippen molar-refractivity contribution in [2.45, 2.75) is 29.7 Å². The number of rotatable bonds is 7. The molecule has 2 aromatic carbocycles. The monoisotopic (exact) mass is 394 g/mol. The van der Waals surface area contributed by atoms with E-state index in [9.17, 15) is 13.2 Å². The zero-order chi connectivity index (χ0) is 19.3. The molecule has 0 heterocycles. The van der Waals surface area contributed by atoms with E-state index in [-0.39, 0.29) is 10.8 Å². The molecule has 2 N–H and O–H groups in total. The molecule has 1 amide bonds. The third-order valence-electron chi connectivity index (χ3n) is 3.73. The van der Waals surface area contributed by atoms with Gasteiger partial charge in [-0.1, -0.05) is 18.2 Å². The molecule has 0 aliphatic carbocycles. The lowest BCUT2D eigenvalue weighted by Crippen LogP contribution is -2.27. The molecule has 6 nitrogen and oxygen atoms in total. The smallest absolute Gasteiger partial charge is 0.241 e. The molecule has 26 heavy (non-hydrogen) atoms. The molecule has 1 unspecified atom stereocenters. The number of hydrogen-bond acceptors (Lipinski definition) is 5. The minimum Gasteiger partial charge on any atom is -0.496 e. The largest absolute Gasteiger partial charge is 0.496 e. The summed E-state index contributed by atoms with van der Waals surface area (Å²) in [6.07, 6.45) is 1.86. The first-order valence-electron chi connectivity index (χ1n) is 7.89. The molecular formula is C18H22N2O4S2. The summed E-state index contributed by atoms with van der Waals surface area (Å²) in [6.45, 7) is 3.13. The number of nitrogens with one attached hydrogen (secondary N) is 2. The van der Waals surface area contributed by atoms with Crippen molar-refractivity contribution in [2.24, 2.45) is 0 Å². The first kappa shape index (κ1) is 20.3. The fourth-order valence-corrected chi connectivity index (χ4v) is 4.31. The van der Waals surface area contributed by atoms with Crippen LogP contribution >= 0.6 is 11.8 Å². The van der Waals surface area contributed by atoms with Crippen LogP contribution in [-0.2, 0) is 14.8 Å². The molecule has 0 fully saturated rings. The van der Waals surface area contributed by atoms with Crippen molar-refractivity contribution in [3.63, 3.8) is 0 Å². The van der Waals surface area contributed by atoms with Crippen LogP contribution in [0.2, 0.25) is 0 Å². The van der Waals surface area contributed by atoms with E-state index in [1.165, 1.54) is 30.8 Å². The highest BCUT2D eigenvalue weighted by Crippen LogP contribution is 2.30. The summed E-state index contributed by atoms with van der Waals surface area (Å²) in [5, 5.41) is 2.67. The lowest BCUT2D eigenvalue weighted by Gasteiger charge is -2.18. The number of hydrogen-bond donors (Lipinski definition) is 2. The molecule has 0 bridgehead atoms. The van der Waals surface area contributed by atoms with Crippen molar-refractivity contribution in [3.05, 3.63) is 48.0 Å². The van der Waals surface area contributed by atoms with Crippen molar-refractivity contribution in [3.8, 4) is 5.75 Å². The van der Waals surface area contributed by atoms with Gasteiger partial charge in [0.25, 0.3) is 0 Å². The molecule has 0 aromatic heterocycles. The molecular weight excluding hydrogens is 372 g/mol. The lowest BCUT2D eigenvalue weighted by atomic mass is 10.1. The highest BCUT2D eigenvalue weighted by molar-refractivity contribution is 7.98. The molecule has 140 valence electrons. The Morgan fingerprint density at radius 2 is 1.88 bits per heavy atom. The summed E-state index contributed by atoms with van der Waals surface area (Å²) in [7, 11) is -2.24. The predicted molar refractivity (Wildman–Crippen MR) is 104 cm³/mol. The topological polar surface area (TPSA) is 84.5 Å². The van der Waals surface area contributed by atoms with Crippen LogP contribution in [0.5, 0.6) is 5.75 Å². The number of benzene rings is 2. The van der Waals surface area contributed by atoms with Crippen LogP contribution in [0, 0.1) is 0 Å². The van der Waals surface area contributed by atoms with E-state index in [4.69, 9.17) is 4.74 Å². The maximum Gasteiger partial charge on any atom is 0.241 e. The minimum atomic E-state index is -3.78. The van der Waals surface area contributed by atoms with Gasteiger partial charge in [0.1, 0.15) is 5.75 Å². The van der Waals surface area contributed by atoms with Crippen molar-refractivity contribution < 1.29 is 17.9 Å². The zero-order valence-electron chi connectivity index (χ0n) is 15.1. The third-order valence-corrected chi connectivity index (χ3v) is 6.06.